The molecule has 0 radical (unpaired) electrons. The summed E-state index contributed by atoms with van der Waals surface area (Å²) < 4.78 is 1.98. The highest BCUT2D eigenvalue weighted by molar-refractivity contribution is 5.09. The van der Waals surface area contributed by atoms with Crippen molar-refractivity contribution in [3.8, 4) is 0 Å². The van der Waals surface area contributed by atoms with Crippen molar-refractivity contribution in [1.29, 1.82) is 0 Å². The molecule has 0 aliphatic carbocycles. The van der Waals surface area contributed by atoms with Crippen LogP contribution in [0.5, 0.6) is 0 Å². The van der Waals surface area contributed by atoms with Gasteiger partial charge in [-0.3, -0.25) is 9.58 Å². The quantitative estimate of drug-likeness (QED) is 0.826. The minimum Gasteiger partial charge on any atom is -0.329 e. The van der Waals surface area contributed by atoms with Crippen molar-refractivity contribution in [1.82, 2.24) is 14.7 Å². The number of likely N-dealkylation sites (tertiary alicyclic amines) is 1. The van der Waals surface area contributed by atoms with Crippen LogP contribution in [-0.4, -0.2) is 33.8 Å². The Morgan fingerprint density at radius 1 is 1.56 bits per heavy atom. The zero-order valence-electron chi connectivity index (χ0n) is 10.5. The van der Waals surface area contributed by atoms with E-state index in [4.69, 9.17) is 5.73 Å². The average molecular weight is 222 g/mol. The predicted octanol–water partition coefficient (Wildman–Crippen LogP) is 0.898. The van der Waals surface area contributed by atoms with Crippen LogP contribution < -0.4 is 5.73 Å². The molecule has 16 heavy (non-hydrogen) atoms. The van der Waals surface area contributed by atoms with Gasteiger partial charge in [-0.05, 0) is 31.9 Å². The second kappa shape index (κ2) is 4.55. The van der Waals surface area contributed by atoms with E-state index in [0.717, 1.165) is 31.2 Å². The molecule has 2 heterocycles. The van der Waals surface area contributed by atoms with Gasteiger partial charge < -0.3 is 5.73 Å². The van der Waals surface area contributed by atoms with Crippen molar-refractivity contribution in [3.63, 3.8) is 0 Å². The third kappa shape index (κ3) is 2.13. The maximum Gasteiger partial charge on any atom is 0.0597 e. The topological polar surface area (TPSA) is 47.1 Å². The highest BCUT2D eigenvalue weighted by atomic mass is 15.3. The van der Waals surface area contributed by atoms with Crippen LogP contribution in [0.3, 0.4) is 0 Å². The number of aromatic nitrogens is 2. The van der Waals surface area contributed by atoms with E-state index in [2.05, 4.69) is 23.0 Å². The Balaban J connectivity index is 2.07. The highest BCUT2D eigenvalue weighted by Crippen LogP contribution is 2.24. The summed E-state index contributed by atoms with van der Waals surface area (Å²) in [4.78, 5) is 2.49. The van der Waals surface area contributed by atoms with Gasteiger partial charge in [0.1, 0.15) is 0 Å². The lowest BCUT2D eigenvalue weighted by Gasteiger charge is -2.25. The first-order valence-electron chi connectivity index (χ1n) is 6.05. The predicted molar refractivity (Wildman–Crippen MR) is 65.0 cm³/mol. The largest absolute Gasteiger partial charge is 0.329 e. The zero-order valence-corrected chi connectivity index (χ0v) is 10.5. The van der Waals surface area contributed by atoms with E-state index in [1.54, 1.807) is 0 Å². The zero-order chi connectivity index (χ0) is 11.7. The Morgan fingerprint density at radius 2 is 2.31 bits per heavy atom. The van der Waals surface area contributed by atoms with E-state index < -0.39 is 0 Å². The van der Waals surface area contributed by atoms with E-state index in [1.165, 1.54) is 12.1 Å². The van der Waals surface area contributed by atoms with Crippen molar-refractivity contribution in [2.75, 3.05) is 13.1 Å². The number of aryl methyl sites for hydroxylation is 2. The molecule has 0 spiro atoms. The summed E-state index contributed by atoms with van der Waals surface area (Å²) in [5, 5.41) is 4.38. The molecule has 4 nitrogen and oxygen atoms in total. The number of hydrogen-bond acceptors (Lipinski definition) is 3. The van der Waals surface area contributed by atoms with Crippen LogP contribution in [0.1, 0.15) is 24.7 Å². The summed E-state index contributed by atoms with van der Waals surface area (Å²) in [7, 11) is 2.01. The third-order valence-corrected chi connectivity index (χ3v) is 3.70. The fourth-order valence-corrected chi connectivity index (χ4v) is 2.69. The molecule has 0 bridgehead atoms. The fraction of sp³-hybridized carbons (Fsp3) is 0.750. The van der Waals surface area contributed by atoms with Gasteiger partial charge >= 0.3 is 0 Å². The monoisotopic (exact) mass is 222 g/mol. The summed E-state index contributed by atoms with van der Waals surface area (Å²) in [5.41, 5.74) is 8.22. The second-order valence-corrected chi connectivity index (χ2v) is 4.94. The first-order valence-corrected chi connectivity index (χ1v) is 6.05. The number of nitrogens with zero attached hydrogens (tertiary/aromatic N) is 3. The Bertz CT molecular complexity index is 358. The molecule has 2 rings (SSSR count). The van der Waals surface area contributed by atoms with Crippen molar-refractivity contribution >= 4 is 0 Å². The van der Waals surface area contributed by atoms with E-state index in [0.29, 0.717) is 6.04 Å². The molecular formula is C12H22N4. The molecule has 1 aliphatic heterocycles. The maximum absolute atomic E-state index is 5.85. The van der Waals surface area contributed by atoms with Gasteiger partial charge in [0, 0.05) is 26.2 Å². The smallest absolute Gasteiger partial charge is 0.0597 e. The normalized spacial score (nSPS) is 26.5. The van der Waals surface area contributed by atoms with Crippen LogP contribution in [0.25, 0.3) is 0 Å². The van der Waals surface area contributed by atoms with Crippen LogP contribution in [-0.2, 0) is 13.6 Å². The molecule has 1 aromatic rings. The van der Waals surface area contributed by atoms with E-state index in [9.17, 15) is 0 Å². The highest BCUT2D eigenvalue weighted by Gasteiger charge is 2.30. The molecule has 90 valence electrons. The molecule has 1 saturated heterocycles. The molecule has 0 amide bonds. The van der Waals surface area contributed by atoms with Crippen molar-refractivity contribution < 1.29 is 0 Å². The third-order valence-electron chi connectivity index (χ3n) is 3.70. The molecule has 0 saturated carbocycles. The minimum absolute atomic E-state index is 0.537. The van der Waals surface area contributed by atoms with Gasteiger partial charge in [0.2, 0.25) is 0 Å². The van der Waals surface area contributed by atoms with Crippen molar-refractivity contribution in [2.24, 2.45) is 18.7 Å². The standard InChI is InChI=1S/C12H22N4/c1-9-4-5-16(12(9)7-13)8-11-6-10(2)14-15(11)3/h6,9,12H,4-5,7-8,13H2,1-3H3. The first kappa shape index (κ1) is 11.6. The second-order valence-electron chi connectivity index (χ2n) is 4.94. The molecule has 0 aromatic carbocycles. The molecule has 4 heteroatoms. The molecule has 1 aliphatic rings. The number of rotatable bonds is 3. The van der Waals surface area contributed by atoms with E-state index in [-0.39, 0.29) is 0 Å². The molecule has 2 N–H and O–H groups in total. The van der Waals surface area contributed by atoms with E-state index >= 15 is 0 Å². The number of nitrogens with two attached hydrogens (primary N) is 1. The van der Waals surface area contributed by atoms with Crippen molar-refractivity contribution in [2.45, 2.75) is 32.9 Å². The summed E-state index contributed by atoms with van der Waals surface area (Å²) in [6, 6.07) is 2.70. The lowest BCUT2D eigenvalue weighted by Crippen LogP contribution is -2.38. The SMILES string of the molecule is Cc1cc(CN2CCC(C)C2CN)n(C)n1. The molecular weight excluding hydrogens is 200 g/mol. The van der Waals surface area contributed by atoms with Gasteiger partial charge in [0.15, 0.2) is 0 Å². The molecule has 1 aromatic heterocycles. The average Bonchev–Trinajstić information content (AvgIpc) is 2.72. The van der Waals surface area contributed by atoms with Gasteiger partial charge in [-0.15, -0.1) is 0 Å². The maximum atomic E-state index is 5.85. The van der Waals surface area contributed by atoms with Crippen LogP contribution in [0.2, 0.25) is 0 Å². The first-order chi connectivity index (χ1) is 7.61. The van der Waals surface area contributed by atoms with Gasteiger partial charge in [0.25, 0.3) is 0 Å². The van der Waals surface area contributed by atoms with Crippen LogP contribution in [0.15, 0.2) is 6.07 Å². The Kier molecular flexibility index (Phi) is 3.30. The van der Waals surface area contributed by atoms with Gasteiger partial charge in [-0.1, -0.05) is 6.92 Å². The summed E-state index contributed by atoms with van der Waals surface area (Å²) in [5.74, 6) is 0.722. The Labute approximate surface area is 97.4 Å². The van der Waals surface area contributed by atoms with Gasteiger partial charge in [0.05, 0.1) is 11.4 Å². The minimum atomic E-state index is 0.537. The molecule has 2 atom stereocenters. The molecule has 2 unspecified atom stereocenters. The lowest BCUT2D eigenvalue weighted by molar-refractivity contribution is 0.223. The van der Waals surface area contributed by atoms with E-state index in [1.807, 2.05) is 18.7 Å². The van der Waals surface area contributed by atoms with Crippen LogP contribution in [0, 0.1) is 12.8 Å². The summed E-state index contributed by atoms with van der Waals surface area (Å²) in [6.07, 6.45) is 1.26. The van der Waals surface area contributed by atoms with Crippen LogP contribution in [0.4, 0.5) is 0 Å². The lowest BCUT2D eigenvalue weighted by atomic mass is 10.0. The Hall–Kier alpha value is -0.870. The number of hydrogen-bond donors (Lipinski definition) is 1. The Morgan fingerprint density at radius 3 is 2.88 bits per heavy atom. The van der Waals surface area contributed by atoms with Crippen LogP contribution >= 0.6 is 0 Å². The fourth-order valence-electron chi connectivity index (χ4n) is 2.69. The molecule has 1 fully saturated rings. The summed E-state index contributed by atoms with van der Waals surface area (Å²) in [6.45, 7) is 7.23. The van der Waals surface area contributed by atoms with Gasteiger partial charge in [-0.2, -0.15) is 5.10 Å². The van der Waals surface area contributed by atoms with Gasteiger partial charge in [-0.25, -0.2) is 0 Å². The summed E-state index contributed by atoms with van der Waals surface area (Å²) >= 11 is 0. The van der Waals surface area contributed by atoms with Crippen molar-refractivity contribution in [3.05, 3.63) is 17.5 Å².